The molecule has 19 heavy (non-hydrogen) atoms. The minimum Gasteiger partial charge on any atom is -0.259 e. The van der Waals surface area contributed by atoms with Gasteiger partial charge in [0.1, 0.15) is 0 Å². The molecule has 0 N–H and O–H groups in total. The number of azide groups is 1. The summed E-state index contributed by atoms with van der Waals surface area (Å²) in [6, 6.07) is 0. The van der Waals surface area contributed by atoms with E-state index < -0.39 is 27.3 Å². The van der Waals surface area contributed by atoms with Crippen LogP contribution in [0.25, 0.3) is 10.4 Å². The molecule has 108 valence electrons. The first kappa shape index (κ1) is 14.4. The number of fused-ring (bicyclic) bond motifs is 1. The molecular formula is C9H12F3N3O3S. The highest BCUT2D eigenvalue weighted by Crippen LogP contribution is 2.64. The van der Waals surface area contributed by atoms with Gasteiger partial charge < -0.3 is 0 Å². The molecule has 0 aromatic heterocycles. The number of alkyl halides is 3. The second kappa shape index (κ2) is 4.00. The highest BCUT2D eigenvalue weighted by atomic mass is 32.2. The summed E-state index contributed by atoms with van der Waals surface area (Å²) in [5.74, 6) is 0.115. The fourth-order valence-corrected chi connectivity index (χ4v) is 3.83. The predicted octanol–water partition coefficient (Wildman–Crippen LogP) is 2.58. The summed E-state index contributed by atoms with van der Waals surface area (Å²) < 4.78 is 63.2. The molecule has 0 bridgehead atoms. The van der Waals surface area contributed by atoms with E-state index in [1.807, 2.05) is 6.92 Å². The Hall–Kier alpha value is -0.990. The number of halogens is 3. The van der Waals surface area contributed by atoms with Crippen LogP contribution in [0.4, 0.5) is 13.2 Å². The van der Waals surface area contributed by atoms with Crippen molar-refractivity contribution >= 4 is 10.1 Å². The van der Waals surface area contributed by atoms with E-state index in [1.165, 1.54) is 6.92 Å². The minimum atomic E-state index is -5.67. The van der Waals surface area contributed by atoms with Crippen molar-refractivity contribution in [1.82, 2.24) is 0 Å². The Kier molecular flexibility index (Phi) is 3.04. The Morgan fingerprint density at radius 1 is 1.47 bits per heavy atom. The van der Waals surface area contributed by atoms with Crippen LogP contribution in [0.5, 0.6) is 0 Å². The maximum atomic E-state index is 12.3. The zero-order valence-electron chi connectivity index (χ0n) is 10.1. The van der Waals surface area contributed by atoms with Crippen LogP contribution >= 0.6 is 0 Å². The molecule has 10 heteroatoms. The molecule has 5 atom stereocenters. The summed E-state index contributed by atoms with van der Waals surface area (Å²) in [5.41, 5.74) is 1.80. The summed E-state index contributed by atoms with van der Waals surface area (Å²) in [6.07, 6.45) is -1.11. The highest BCUT2D eigenvalue weighted by Gasteiger charge is 2.67. The topological polar surface area (TPSA) is 92.1 Å². The van der Waals surface area contributed by atoms with Gasteiger partial charge in [-0.1, -0.05) is 19.0 Å². The minimum absolute atomic E-state index is 0.0453. The Bertz CT molecular complexity index is 543. The fourth-order valence-electron chi connectivity index (χ4n) is 3.14. The summed E-state index contributed by atoms with van der Waals surface area (Å²) in [6.45, 7) is 3.33. The van der Waals surface area contributed by atoms with E-state index in [-0.39, 0.29) is 24.2 Å². The van der Waals surface area contributed by atoms with Crippen molar-refractivity contribution in [3.63, 3.8) is 0 Å². The van der Waals surface area contributed by atoms with Gasteiger partial charge in [-0.25, -0.2) is 0 Å². The molecule has 0 aromatic carbocycles. The van der Waals surface area contributed by atoms with E-state index in [9.17, 15) is 21.6 Å². The molecule has 0 aliphatic heterocycles. The van der Waals surface area contributed by atoms with Gasteiger partial charge in [-0.05, 0) is 29.7 Å². The second-order valence-corrected chi connectivity index (χ2v) is 6.75. The molecule has 0 radical (unpaired) electrons. The second-order valence-electron chi connectivity index (χ2n) is 5.18. The van der Waals surface area contributed by atoms with Gasteiger partial charge in [0.25, 0.3) is 0 Å². The number of hydrogen-bond acceptors (Lipinski definition) is 4. The van der Waals surface area contributed by atoms with Crippen molar-refractivity contribution < 1.29 is 25.8 Å². The zero-order chi connectivity index (χ0) is 14.6. The molecule has 0 heterocycles. The zero-order valence-corrected chi connectivity index (χ0v) is 10.9. The molecule has 0 amide bonds. The number of rotatable bonds is 3. The molecular weight excluding hydrogens is 287 g/mol. The molecule has 0 saturated heterocycles. The molecule has 2 saturated carbocycles. The van der Waals surface area contributed by atoms with E-state index in [0.29, 0.717) is 0 Å². The first-order valence-corrected chi connectivity index (χ1v) is 7.01. The van der Waals surface area contributed by atoms with E-state index in [1.54, 1.807) is 0 Å². The Morgan fingerprint density at radius 2 is 2.05 bits per heavy atom. The fraction of sp³-hybridized carbons (Fsp3) is 1.00. The van der Waals surface area contributed by atoms with Gasteiger partial charge in [-0.2, -0.15) is 21.6 Å². The van der Waals surface area contributed by atoms with Crippen LogP contribution in [0.15, 0.2) is 5.11 Å². The summed E-state index contributed by atoms with van der Waals surface area (Å²) >= 11 is 0. The Labute approximate surface area is 107 Å². The molecule has 2 aliphatic carbocycles. The van der Waals surface area contributed by atoms with Crippen LogP contribution in [-0.4, -0.2) is 25.6 Å². The summed E-state index contributed by atoms with van der Waals surface area (Å²) in [5, 5.41) is 3.50. The van der Waals surface area contributed by atoms with E-state index >= 15 is 0 Å². The first-order chi connectivity index (χ1) is 8.54. The van der Waals surface area contributed by atoms with Gasteiger partial charge in [0, 0.05) is 4.91 Å². The summed E-state index contributed by atoms with van der Waals surface area (Å²) in [4.78, 5) is 2.61. The van der Waals surface area contributed by atoms with Gasteiger partial charge in [-0.3, -0.25) is 4.18 Å². The van der Waals surface area contributed by atoms with E-state index in [0.717, 1.165) is 0 Å². The van der Waals surface area contributed by atoms with Crippen molar-refractivity contribution in [2.24, 2.45) is 22.9 Å². The Balaban J connectivity index is 2.26. The van der Waals surface area contributed by atoms with Crippen LogP contribution in [0.1, 0.15) is 20.3 Å². The third kappa shape index (κ3) is 2.07. The van der Waals surface area contributed by atoms with Gasteiger partial charge in [0.2, 0.25) is 0 Å². The van der Waals surface area contributed by atoms with Crippen LogP contribution in [0.2, 0.25) is 0 Å². The number of nitrogens with zero attached hydrogens (tertiary/aromatic N) is 3. The van der Waals surface area contributed by atoms with Crippen LogP contribution < -0.4 is 0 Å². The summed E-state index contributed by atoms with van der Waals surface area (Å²) in [7, 11) is -5.67. The number of hydrogen-bond donors (Lipinski definition) is 0. The van der Waals surface area contributed by atoms with Crippen molar-refractivity contribution in [3.05, 3.63) is 10.4 Å². The van der Waals surface area contributed by atoms with Crippen LogP contribution in [0, 0.1) is 17.8 Å². The molecule has 2 fully saturated rings. The standard InChI is InChI=1S/C9H12F3N3O3S/c1-4-5-3-6(8(2,7(4)5)14-15-13)18-19(16,17)9(10,11)12/h4-7H,3H2,1-2H3/t4-,5?,6?,7?,8?/m0/s1. The Morgan fingerprint density at radius 3 is 2.53 bits per heavy atom. The van der Waals surface area contributed by atoms with E-state index in [2.05, 4.69) is 14.2 Å². The van der Waals surface area contributed by atoms with E-state index in [4.69, 9.17) is 5.53 Å². The van der Waals surface area contributed by atoms with Crippen molar-refractivity contribution in [2.45, 2.75) is 37.4 Å². The normalized spacial score (nSPS) is 41.5. The third-order valence-electron chi connectivity index (χ3n) is 4.16. The van der Waals surface area contributed by atoms with Crippen LogP contribution in [-0.2, 0) is 14.3 Å². The van der Waals surface area contributed by atoms with Gasteiger partial charge >= 0.3 is 15.6 Å². The molecule has 2 aliphatic rings. The van der Waals surface area contributed by atoms with Gasteiger partial charge in [0.05, 0.1) is 11.6 Å². The SMILES string of the molecule is C[C@H]1C2CC(OS(=O)(=O)C(F)(F)F)C(C)(N=[N+]=[N-])C21. The highest BCUT2D eigenvalue weighted by molar-refractivity contribution is 7.87. The third-order valence-corrected chi connectivity index (χ3v) is 5.21. The van der Waals surface area contributed by atoms with Gasteiger partial charge in [0.15, 0.2) is 0 Å². The first-order valence-electron chi connectivity index (χ1n) is 5.60. The van der Waals surface area contributed by atoms with Crippen LogP contribution in [0.3, 0.4) is 0 Å². The van der Waals surface area contributed by atoms with Gasteiger partial charge in [-0.15, -0.1) is 0 Å². The van der Waals surface area contributed by atoms with Crippen molar-refractivity contribution in [3.8, 4) is 0 Å². The monoisotopic (exact) mass is 299 g/mol. The quantitative estimate of drug-likeness (QED) is 0.263. The lowest BCUT2D eigenvalue weighted by molar-refractivity contribution is -0.0598. The lowest BCUT2D eigenvalue weighted by Crippen LogP contribution is -2.42. The maximum Gasteiger partial charge on any atom is 0.523 e. The smallest absolute Gasteiger partial charge is 0.259 e. The lowest BCUT2D eigenvalue weighted by atomic mass is 9.91. The molecule has 4 unspecified atom stereocenters. The lowest BCUT2D eigenvalue weighted by Gasteiger charge is -2.29. The average Bonchev–Trinajstić information content (AvgIpc) is 2.76. The van der Waals surface area contributed by atoms with Crippen molar-refractivity contribution in [1.29, 1.82) is 0 Å². The average molecular weight is 299 g/mol. The molecule has 2 rings (SSSR count). The van der Waals surface area contributed by atoms with Crippen molar-refractivity contribution in [2.75, 3.05) is 0 Å². The molecule has 0 spiro atoms. The largest absolute Gasteiger partial charge is 0.523 e. The maximum absolute atomic E-state index is 12.3. The molecule has 6 nitrogen and oxygen atoms in total. The molecule has 0 aromatic rings. The predicted molar refractivity (Wildman–Crippen MR) is 58.2 cm³/mol.